The van der Waals surface area contributed by atoms with Crippen LogP contribution in [0.4, 0.5) is 0 Å². The van der Waals surface area contributed by atoms with E-state index in [0.717, 1.165) is 34.0 Å². The lowest BCUT2D eigenvalue weighted by atomic mass is 9.71. The molecule has 0 saturated carbocycles. The molecular formula is C28H29NO5S. The Morgan fingerprint density at radius 1 is 1.09 bits per heavy atom. The summed E-state index contributed by atoms with van der Waals surface area (Å²) in [6.07, 6.45) is 1.11. The van der Waals surface area contributed by atoms with Crippen LogP contribution in [0.5, 0.6) is 11.5 Å². The lowest BCUT2D eigenvalue weighted by Gasteiger charge is -2.36. The van der Waals surface area contributed by atoms with Gasteiger partial charge in [0.15, 0.2) is 17.3 Å². The van der Waals surface area contributed by atoms with Crippen molar-refractivity contribution >= 4 is 23.5 Å². The zero-order chi connectivity index (χ0) is 24.4. The molecule has 7 heteroatoms. The summed E-state index contributed by atoms with van der Waals surface area (Å²) in [6.45, 7) is 4.45. The molecule has 0 radical (unpaired) electrons. The minimum atomic E-state index is -0.517. The summed E-state index contributed by atoms with van der Waals surface area (Å²) in [5.41, 5.74) is 4.71. The number of hydrogen-bond acceptors (Lipinski definition) is 7. The van der Waals surface area contributed by atoms with E-state index in [2.05, 4.69) is 24.4 Å². The van der Waals surface area contributed by atoms with Crippen molar-refractivity contribution in [2.75, 3.05) is 24.9 Å². The molecule has 2 aliphatic heterocycles. The summed E-state index contributed by atoms with van der Waals surface area (Å²) in [7, 11) is 0. The van der Waals surface area contributed by atoms with Crippen LogP contribution in [0.1, 0.15) is 49.7 Å². The van der Waals surface area contributed by atoms with Crippen molar-refractivity contribution in [1.82, 2.24) is 5.32 Å². The molecule has 35 heavy (non-hydrogen) atoms. The van der Waals surface area contributed by atoms with Crippen molar-refractivity contribution < 1.29 is 23.8 Å². The van der Waals surface area contributed by atoms with Crippen molar-refractivity contribution in [3.05, 3.63) is 82.2 Å². The molecule has 0 bridgehead atoms. The van der Waals surface area contributed by atoms with Crippen LogP contribution in [-0.4, -0.2) is 36.7 Å². The number of thioether (sulfide) groups is 1. The van der Waals surface area contributed by atoms with Gasteiger partial charge in [0, 0.05) is 35.1 Å². The number of rotatable bonds is 7. The van der Waals surface area contributed by atoms with Crippen LogP contribution >= 0.6 is 11.8 Å². The molecule has 3 aliphatic rings. The molecule has 0 spiro atoms. The number of carbonyl (C=O) groups is 2. The van der Waals surface area contributed by atoms with Crippen LogP contribution in [-0.2, 0) is 14.3 Å². The predicted molar refractivity (Wildman–Crippen MR) is 136 cm³/mol. The highest BCUT2D eigenvalue weighted by Gasteiger charge is 2.41. The second kappa shape index (κ2) is 10.2. The lowest BCUT2D eigenvalue weighted by molar-refractivity contribution is -0.138. The molecule has 1 N–H and O–H groups in total. The Balaban J connectivity index is 1.53. The van der Waals surface area contributed by atoms with Gasteiger partial charge in [-0.1, -0.05) is 43.3 Å². The quantitative estimate of drug-likeness (QED) is 0.428. The summed E-state index contributed by atoms with van der Waals surface area (Å²) < 4.78 is 16.7. The van der Waals surface area contributed by atoms with E-state index in [1.165, 1.54) is 0 Å². The molecule has 2 aromatic carbocycles. The third kappa shape index (κ3) is 4.69. The molecule has 6 nitrogen and oxygen atoms in total. The molecule has 2 atom stereocenters. The van der Waals surface area contributed by atoms with Gasteiger partial charge < -0.3 is 19.5 Å². The van der Waals surface area contributed by atoms with Gasteiger partial charge in [-0.3, -0.25) is 4.79 Å². The average Bonchev–Trinajstić information content (AvgIpc) is 3.34. The summed E-state index contributed by atoms with van der Waals surface area (Å²) in [6, 6.07) is 15.8. The first-order valence-corrected chi connectivity index (χ1v) is 13.2. The van der Waals surface area contributed by atoms with Gasteiger partial charge in [0.25, 0.3) is 0 Å². The van der Waals surface area contributed by atoms with Gasteiger partial charge in [0.2, 0.25) is 6.79 Å². The molecule has 0 amide bonds. The fraction of sp³-hybridized carbons (Fsp3) is 0.357. The molecule has 0 saturated heterocycles. The molecule has 182 valence electrons. The Labute approximate surface area is 209 Å². The van der Waals surface area contributed by atoms with E-state index in [4.69, 9.17) is 14.2 Å². The maximum Gasteiger partial charge on any atom is 0.336 e. The highest BCUT2D eigenvalue weighted by molar-refractivity contribution is 7.99. The van der Waals surface area contributed by atoms with Crippen molar-refractivity contribution in [2.45, 2.75) is 38.5 Å². The molecule has 1 aliphatic carbocycles. The smallest absolute Gasteiger partial charge is 0.336 e. The normalized spacial score (nSPS) is 21.0. The van der Waals surface area contributed by atoms with Crippen LogP contribution in [0, 0.1) is 0 Å². The van der Waals surface area contributed by atoms with Gasteiger partial charge in [0.05, 0.1) is 5.57 Å². The molecule has 5 rings (SSSR count). The molecule has 2 aromatic rings. The van der Waals surface area contributed by atoms with Crippen LogP contribution in [0.2, 0.25) is 0 Å². The molecule has 0 fully saturated rings. The zero-order valence-electron chi connectivity index (χ0n) is 20.0. The number of fused-ring (bicyclic) bond motifs is 1. The monoisotopic (exact) mass is 491 g/mol. The fourth-order valence-electron chi connectivity index (χ4n) is 5.11. The van der Waals surface area contributed by atoms with Gasteiger partial charge in [-0.2, -0.15) is 11.8 Å². The van der Waals surface area contributed by atoms with Crippen molar-refractivity contribution in [2.24, 2.45) is 0 Å². The average molecular weight is 492 g/mol. The zero-order valence-corrected chi connectivity index (χ0v) is 20.8. The molecular weight excluding hydrogens is 462 g/mol. The highest BCUT2D eigenvalue weighted by atomic mass is 32.2. The number of Topliss-reactive ketones (excluding diaryl/α,β-unsaturated/α-hetero) is 1. The van der Waals surface area contributed by atoms with E-state index < -0.39 is 5.92 Å². The maximum absolute atomic E-state index is 13.7. The predicted octanol–water partition coefficient (Wildman–Crippen LogP) is 5.07. The minimum absolute atomic E-state index is 0.0506. The van der Waals surface area contributed by atoms with Crippen LogP contribution in [0.15, 0.2) is 71.1 Å². The summed E-state index contributed by atoms with van der Waals surface area (Å²) in [4.78, 5) is 27.0. The number of nitrogens with one attached hydrogen (secondary N) is 1. The van der Waals surface area contributed by atoms with Crippen LogP contribution in [0.25, 0.3) is 0 Å². The molecule has 0 aromatic heterocycles. The SMILES string of the molecule is CCSCCOC(=O)C1=C(C)NC2=C(C(=O)C[C@@H](c3ccccc3)C2)[C@H]1c1ccc2c(c1)OCO2. The third-order valence-corrected chi connectivity index (χ3v) is 7.58. The second-order valence-corrected chi connectivity index (χ2v) is 10.3. The Morgan fingerprint density at radius 2 is 1.89 bits per heavy atom. The maximum atomic E-state index is 13.7. The Bertz CT molecular complexity index is 1200. The lowest BCUT2D eigenvalue weighted by Crippen LogP contribution is -2.36. The van der Waals surface area contributed by atoms with Crippen molar-refractivity contribution in [3.8, 4) is 11.5 Å². The van der Waals surface area contributed by atoms with Crippen LogP contribution < -0.4 is 14.8 Å². The Hall–Kier alpha value is -3.19. The van der Waals surface area contributed by atoms with Gasteiger partial charge in [-0.25, -0.2) is 4.79 Å². The number of dihydropyridines is 1. The van der Waals surface area contributed by atoms with E-state index in [0.29, 0.717) is 42.1 Å². The van der Waals surface area contributed by atoms with E-state index in [-0.39, 0.29) is 24.5 Å². The first kappa shape index (κ1) is 23.5. The fourth-order valence-corrected chi connectivity index (χ4v) is 5.60. The topological polar surface area (TPSA) is 73.9 Å². The van der Waals surface area contributed by atoms with E-state index >= 15 is 0 Å². The third-order valence-electron chi connectivity index (χ3n) is 6.71. The highest BCUT2D eigenvalue weighted by Crippen LogP contribution is 2.47. The Morgan fingerprint density at radius 3 is 2.69 bits per heavy atom. The van der Waals surface area contributed by atoms with Gasteiger partial charge >= 0.3 is 5.97 Å². The number of esters is 1. The standard InChI is InChI=1S/C28H29NO5S/c1-3-35-12-11-32-28(31)25-17(2)29-21-13-20(18-7-5-4-6-8-18)14-22(30)27(21)26(25)19-9-10-23-24(15-19)34-16-33-23/h4-10,15,20,26,29H,3,11-14,16H2,1-2H3/t20-,26-/m0/s1. The van der Waals surface area contributed by atoms with E-state index in [1.807, 2.05) is 43.3 Å². The Kier molecular flexibility index (Phi) is 6.86. The number of carbonyl (C=O) groups excluding carboxylic acids is 2. The van der Waals surface area contributed by atoms with Crippen LogP contribution in [0.3, 0.4) is 0 Å². The summed E-state index contributed by atoms with van der Waals surface area (Å²) in [5, 5.41) is 3.41. The first-order valence-electron chi connectivity index (χ1n) is 12.0. The van der Waals surface area contributed by atoms with Gasteiger partial charge in [0.1, 0.15) is 6.61 Å². The number of allylic oxidation sites excluding steroid dienone is 3. The minimum Gasteiger partial charge on any atom is -0.461 e. The number of benzene rings is 2. The number of ether oxygens (including phenoxy) is 3. The number of hydrogen-bond donors (Lipinski definition) is 1. The molecule has 2 heterocycles. The number of ketones is 1. The van der Waals surface area contributed by atoms with Crippen molar-refractivity contribution in [1.29, 1.82) is 0 Å². The largest absolute Gasteiger partial charge is 0.461 e. The van der Waals surface area contributed by atoms with Gasteiger partial charge in [-0.15, -0.1) is 0 Å². The first-order chi connectivity index (χ1) is 17.1. The van der Waals surface area contributed by atoms with Gasteiger partial charge in [-0.05, 0) is 48.3 Å². The second-order valence-electron chi connectivity index (χ2n) is 8.87. The van der Waals surface area contributed by atoms with E-state index in [1.54, 1.807) is 11.8 Å². The molecule has 0 unspecified atom stereocenters. The summed E-state index contributed by atoms with van der Waals surface area (Å²) >= 11 is 1.72. The van der Waals surface area contributed by atoms with E-state index in [9.17, 15) is 9.59 Å². The summed E-state index contributed by atoms with van der Waals surface area (Å²) in [5.74, 6) is 2.23. The van der Waals surface area contributed by atoms with Crippen molar-refractivity contribution in [3.63, 3.8) is 0 Å².